The van der Waals surface area contributed by atoms with Crippen molar-refractivity contribution in [1.82, 2.24) is 0 Å². The predicted octanol–water partition coefficient (Wildman–Crippen LogP) is 1.49. The second-order valence-corrected chi connectivity index (χ2v) is 2.84. The maximum atomic E-state index is 11.8. The van der Waals surface area contributed by atoms with E-state index < -0.39 is 12.1 Å². The van der Waals surface area contributed by atoms with Gasteiger partial charge in [0, 0.05) is 12.3 Å². The predicted molar refractivity (Wildman–Crippen MR) is 37.0 cm³/mol. The Kier molecular flexibility index (Phi) is 4.12. The molecule has 0 radical (unpaired) electrons. The van der Waals surface area contributed by atoms with Crippen LogP contribution in [0.3, 0.4) is 0 Å². The van der Waals surface area contributed by atoms with Gasteiger partial charge in [0.15, 0.2) is 0 Å². The van der Waals surface area contributed by atoms with Gasteiger partial charge in [0.05, 0.1) is 5.92 Å². The van der Waals surface area contributed by atoms with Crippen molar-refractivity contribution in [3.63, 3.8) is 0 Å². The second-order valence-electron chi connectivity index (χ2n) is 1.93. The number of thioether (sulfide) groups is 1. The molecule has 62 valence electrons. The van der Waals surface area contributed by atoms with Crippen LogP contribution in [0.25, 0.3) is 0 Å². The highest BCUT2D eigenvalue weighted by Gasteiger charge is 2.37. The third-order valence-electron chi connectivity index (χ3n) is 1.12. The van der Waals surface area contributed by atoms with Crippen molar-refractivity contribution in [2.45, 2.75) is 6.18 Å². The SMILES string of the molecule is CSCC(CN)C(F)(F)F. The average Bonchev–Trinajstić information content (AvgIpc) is 1.80. The second kappa shape index (κ2) is 4.08. The zero-order valence-corrected chi connectivity index (χ0v) is 6.43. The Hall–Kier alpha value is 0.100. The molecule has 0 aromatic rings. The number of nitrogens with two attached hydrogens (primary N) is 1. The van der Waals surface area contributed by atoms with E-state index >= 15 is 0 Å². The Labute approximate surface area is 62.2 Å². The Morgan fingerprint density at radius 3 is 2.10 bits per heavy atom. The first-order chi connectivity index (χ1) is 4.52. The minimum absolute atomic E-state index is 0.0556. The Morgan fingerprint density at radius 1 is 1.50 bits per heavy atom. The standard InChI is InChI=1S/C5H10F3NS/c1-10-3-4(2-9)5(6,7)8/h4H,2-3,9H2,1H3. The fourth-order valence-corrected chi connectivity index (χ4v) is 1.22. The van der Waals surface area contributed by atoms with Gasteiger partial charge in [0.2, 0.25) is 0 Å². The van der Waals surface area contributed by atoms with E-state index in [1.165, 1.54) is 0 Å². The zero-order valence-electron chi connectivity index (χ0n) is 5.61. The van der Waals surface area contributed by atoms with E-state index in [-0.39, 0.29) is 12.3 Å². The Morgan fingerprint density at radius 2 is 2.00 bits per heavy atom. The lowest BCUT2D eigenvalue weighted by Gasteiger charge is -2.16. The van der Waals surface area contributed by atoms with Crippen molar-refractivity contribution in [3.05, 3.63) is 0 Å². The van der Waals surface area contributed by atoms with Gasteiger partial charge in [0.25, 0.3) is 0 Å². The summed E-state index contributed by atoms with van der Waals surface area (Å²) in [5.74, 6) is -1.29. The Balaban J connectivity index is 3.81. The Bertz CT molecular complexity index is 93.4. The van der Waals surface area contributed by atoms with Gasteiger partial charge in [-0.15, -0.1) is 0 Å². The molecular formula is C5H10F3NS. The highest BCUT2D eigenvalue weighted by molar-refractivity contribution is 7.98. The van der Waals surface area contributed by atoms with Gasteiger partial charge in [-0.05, 0) is 6.26 Å². The van der Waals surface area contributed by atoms with Crippen molar-refractivity contribution in [2.24, 2.45) is 11.7 Å². The van der Waals surface area contributed by atoms with Gasteiger partial charge in [-0.3, -0.25) is 0 Å². The lowest BCUT2D eigenvalue weighted by Crippen LogP contribution is -2.31. The number of alkyl halides is 3. The molecule has 0 spiro atoms. The van der Waals surface area contributed by atoms with Crippen LogP contribution in [0.2, 0.25) is 0 Å². The summed E-state index contributed by atoms with van der Waals surface area (Å²) in [5, 5.41) is 0. The maximum absolute atomic E-state index is 11.8. The summed E-state index contributed by atoms with van der Waals surface area (Å²) in [6, 6.07) is 0. The molecule has 1 nitrogen and oxygen atoms in total. The quantitative estimate of drug-likeness (QED) is 0.699. The average molecular weight is 173 g/mol. The van der Waals surface area contributed by atoms with Crippen LogP contribution in [0.1, 0.15) is 0 Å². The summed E-state index contributed by atoms with van der Waals surface area (Å²) in [6.07, 6.45) is -2.49. The first kappa shape index (κ1) is 10.1. The van der Waals surface area contributed by atoms with Crippen LogP contribution in [0.15, 0.2) is 0 Å². The van der Waals surface area contributed by atoms with Crippen LogP contribution < -0.4 is 5.73 Å². The van der Waals surface area contributed by atoms with Crippen molar-refractivity contribution < 1.29 is 13.2 Å². The molecule has 0 saturated carbocycles. The fraction of sp³-hybridized carbons (Fsp3) is 1.00. The minimum atomic E-state index is -4.13. The van der Waals surface area contributed by atoms with Crippen molar-refractivity contribution in [3.8, 4) is 0 Å². The smallest absolute Gasteiger partial charge is 0.330 e. The first-order valence-corrected chi connectivity index (χ1v) is 4.17. The topological polar surface area (TPSA) is 26.0 Å². The molecular weight excluding hydrogens is 163 g/mol. The van der Waals surface area contributed by atoms with Crippen LogP contribution in [-0.2, 0) is 0 Å². The van der Waals surface area contributed by atoms with Gasteiger partial charge in [0.1, 0.15) is 0 Å². The molecule has 5 heteroatoms. The first-order valence-electron chi connectivity index (χ1n) is 2.78. The molecule has 0 amide bonds. The van der Waals surface area contributed by atoms with Crippen molar-refractivity contribution in [1.29, 1.82) is 0 Å². The van der Waals surface area contributed by atoms with Gasteiger partial charge >= 0.3 is 6.18 Å². The molecule has 0 aliphatic heterocycles. The molecule has 0 aromatic carbocycles. The summed E-state index contributed by atoms with van der Waals surface area (Å²) in [5.41, 5.74) is 4.91. The fourth-order valence-electron chi connectivity index (χ4n) is 0.497. The van der Waals surface area contributed by atoms with E-state index in [2.05, 4.69) is 0 Å². The van der Waals surface area contributed by atoms with Crippen LogP contribution in [0.5, 0.6) is 0 Å². The summed E-state index contributed by atoms with van der Waals surface area (Å²) in [6.45, 7) is -0.315. The molecule has 0 saturated heterocycles. The molecule has 1 atom stereocenters. The number of rotatable bonds is 3. The van der Waals surface area contributed by atoms with Gasteiger partial charge < -0.3 is 5.73 Å². The van der Waals surface area contributed by atoms with Crippen LogP contribution in [0.4, 0.5) is 13.2 Å². The molecule has 1 unspecified atom stereocenters. The monoisotopic (exact) mass is 173 g/mol. The lowest BCUT2D eigenvalue weighted by molar-refractivity contribution is -0.165. The normalized spacial score (nSPS) is 15.3. The molecule has 0 bridgehead atoms. The van der Waals surface area contributed by atoms with E-state index in [1.54, 1.807) is 6.26 Å². The largest absolute Gasteiger partial charge is 0.393 e. The van der Waals surface area contributed by atoms with Crippen LogP contribution in [-0.4, -0.2) is 24.7 Å². The minimum Gasteiger partial charge on any atom is -0.330 e. The number of hydrogen-bond acceptors (Lipinski definition) is 2. The van der Waals surface area contributed by atoms with E-state index in [0.29, 0.717) is 0 Å². The number of hydrogen-bond donors (Lipinski definition) is 1. The zero-order chi connectivity index (χ0) is 8.20. The van der Waals surface area contributed by atoms with E-state index in [0.717, 1.165) is 11.8 Å². The van der Waals surface area contributed by atoms with E-state index in [1.807, 2.05) is 0 Å². The summed E-state index contributed by atoms with van der Waals surface area (Å²) >= 11 is 1.16. The highest BCUT2D eigenvalue weighted by atomic mass is 32.2. The molecule has 2 N–H and O–H groups in total. The molecule has 0 heterocycles. The number of halogens is 3. The van der Waals surface area contributed by atoms with Crippen LogP contribution in [0, 0.1) is 5.92 Å². The molecule has 0 aliphatic rings. The lowest BCUT2D eigenvalue weighted by atomic mass is 10.2. The third kappa shape index (κ3) is 3.31. The third-order valence-corrected chi connectivity index (χ3v) is 1.85. The van der Waals surface area contributed by atoms with E-state index in [4.69, 9.17) is 5.73 Å². The van der Waals surface area contributed by atoms with Gasteiger partial charge in [-0.1, -0.05) is 0 Å². The van der Waals surface area contributed by atoms with Gasteiger partial charge in [-0.25, -0.2) is 0 Å². The summed E-state index contributed by atoms with van der Waals surface area (Å²) < 4.78 is 35.4. The van der Waals surface area contributed by atoms with Crippen molar-refractivity contribution in [2.75, 3.05) is 18.6 Å². The molecule has 10 heavy (non-hydrogen) atoms. The maximum Gasteiger partial charge on any atom is 0.393 e. The highest BCUT2D eigenvalue weighted by Crippen LogP contribution is 2.27. The molecule has 0 rings (SSSR count). The van der Waals surface area contributed by atoms with Crippen molar-refractivity contribution >= 4 is 11.8 Å². The summed E-state index contributed by atoms with van der Waals surface area (Å²) in [4.78, 5) is 0. The molecule has 0 fully saturated rings. The molecule has 0 aromatic heterocycles. The molecule has 0 aliphatic carbocycles. The summed E-state index contributed by atoms with van der Waals surface area (Å²) in [7, 11) is 0. The van der Waals surface area contributed by atoms with E-state index in [9.17, 15) is 13.2 Å². The van der Waals surface area contributed by atoms with Gasteiger partial charge in [-0.2, -0.15) is 24.9 Å². The van der Waals surface area contributed by atoms with Crippen LogP contribution >= 0.6 is 11.8 Å².